The van der Waals surface area contributed by atoms with Crippen molar-refractivity contribution in [2.75, 3.05) is 25.1 Å². The number of methoxy groups -OCH3 is 1. The second kappa shape index (κ2) is 3.90. The molecule has 1 aliphatic heterocycles. The van der Waals surface area contributed by atoms with E-state index < -0.39 is 0 Å². The topological polar surface area (TPSA) is 84.2 Å². The zero-order chi connectivity index (χ0) is 10.8. The summed E-state index contributed by atoms with van der Waals surface area (Å²) < 4.78 is 5.04. The van der Waals surface area contributed by atoms with Crippen molar-refractivity contribution in [2.24, 2.45) is 5.73 Å². The lowest BCUT2D eigenvalue weighted by Gasteiger charge is -2.18. The molecule has 1 unspecified atom stereocenters. The van der Waals surface area contributed by atoms with E-state index in [1.54, 1.807) is 0 Å². The van der Waals surface area contributed by atoms with Crippen LogP contribution in [0.25, 0.3) is 0 Å². The number of nitrogens with zero attached hydrogens (tertiary/aromatic N) is 2. The van der Waals surface area contributed by atoms with Crippen LogP contribution in [-0.4, -0.2) is 36.2 Å². The summed E-state index contributed by atoms with van der Waals surface area (Å²) in [4.78, 5) is 20.0. The van der Waals surface area contributed by atoms with Gasteiger partial charge in [-0.05, 0) is 6.42 Å². The molecule has 1 aromatic heterocycles. The first-order valence-corrected chi connectivity index (χ1v) is 4.84. The Hall–Kier alpha value is -1.56. The molecule has 2 rings (SSSR count). The molecular formula is C9H14N4O2. The van der Waals surface area contributed by atoms with Gasteiger partial charge in [-0.3, -0.25) is 4.79 Å². The zero-order valence-electron chi connectivity index (χ0n) is 8.56. The molecule has 1 saturated heterocycles. The van der Waals surface area contributed by atoms with Crippen molar-refractivity contribution in [3.63, 3.8) is 0 Å². The average molecular weight is 210 g/mol. The van der Waals surface area contributed by atoms with Crippen LogP contribution in [0.3, 0.4) is 0 Å². The molecule has 1 atom stereocenters. The quantitative estimate of drug-likeness (QED) is 0.675. The number of aromatic amines is 1. The summed E-state index contributed by atoms with van der Waals surface area (Å²) in [6.45, 7) is 1.53. The van der Waals surface area contributed by atoms with E-state index >= 15 is 0 Å². The normalized spacial score (nSPS) is 20.7. The smallest absolute Gasteiger partial charge is 0.295 e. The van der Waals surface area contributed by atoms with E-state index in [9.17, 15) is 4.79 Å². The van der Waals surface area contributed by atoms with Gasteiger partial charge in [0.25, 0.3) is 5.56 Å². The SMILES string of the molecule is COc1c(N2CCC(N)C2)nc[nH]c1=O. The van der Waals surface area contributed by atoms with Crippen molar-refractivity contribution in [3.8, 4) is 5.75 Å². The summed E-state index contributed by atoms with van der Waals surface area (Å²) >= 11 is 0. The fraction of sp³-hybridized carbons (Fsp3) is 0.556. The van der Waals surface area contributed by atoms with Crippen LogP contribution in [0.5, 0.6) is 5.75 Å². The van der Waals surface area contributed by atoms with E-state index in [1.807, 2.05) is 4.90 Å². The fourth-order valence-electron chi connectivity index (χ4n) is 1.77. The van der Waals surface area contributed by atoms with Crippen LogP contribution in [0, 0.1) is 0 Å². The lowest BCUT2D eigenvalue weighted by Crippen LogP contribution is -2.28. The van der Waals surface area contributed by atoms with E-state index in [0.29, 0.717) is 12.4 Å². The van der Waals surface area contributed by atoms with Gasteiger partial charge in [-0.25, -0.2) is 4.98 Å². The summed E-state index contributed by atoms with van der Waals surface area (Å²) in [5, 5.41) is 0. The number of nitrogens with two attached hydrogens (primary N) is 1. The van der Waals surface area contributed by atoms with Crippen LogP contribution in [0.2, 0.25) is 0 Å². The van der Waals surface area contributed by atoms with Gasteiger partial charge >= 0.3 is 0 Å². The van der Waals surface area contributed by atoms with Crippen LogP contribution >= 0.6 is 0 Å². The Morgan fingerprint density at radius 1 is 1.73 bits per heavy atom. The minimum atomic E-state index is -0.261. The molecule has 82 valence electrons. The Labute approximate surface area is 87.1 Å². The van der Waals surface area contributed by atoms with Gasteiger partial charge in [-0.1, -0.05) is 0 Å². The summed E-state index contributed by atoms with van der Waals surface area (Å²) in [5.41, 5.74) is 5.53. The van der Waals surface area contributed by atoms with Gasteiger partial charge in [0.15, 0.2) is 5.82 Å². The molecular weight excluding hydrogens is 196 g/mol. The van der Waals surface area contributed by atoms with Gasteiger partial charge in [-0.2, -0.15) is 0 Å². The number of hydrogen-bond acceptors (Lipinski definition) is 5. The molecule has 0 amide bonds. The molecule has 6 nitrogen and oxygen atoms in total. The van der Waals surface area contributed by atoms with Gasteiger partial charge < -0.3 is 20.4 Å². The van der Waals surface area contributed by atoms with Gasteiger partial charge in [-0.15, -0.1) is 0 Å². The number of anilines is 1. The maximum atomic E-state index is 11.4. The highest BCUT2D eigenvalue weighted by Gasteiger charge is 2.24. The molecule has 2 heterocycles. The molecule has 1 aliphatic rings. The van der Waals surface area contributed by atoms with Crippen molar-refractivity contribution >= 4 is 5.82 Å². The Balaban J connectivity index is 2.35. The highest BCUT2D eigenvalue weighted by atomic mass is 16.5. The number of nitrogens with one attached hydrogen (secondary N) is 1. The minimum Gasteiger partial charge on any atom is -0.489 e. The molecule has 6 heteroatoms. The third-order valence-electron chi connectivity index (χ3n) is 2.52. The predicted octanol–water partition coefficient (Wildman–Crippen LogP) is -0.684. The molecule has 0 bridgehead atoms. The number of hydrogen-bond donors (Lipinski definition) is 2. The van der Waals surface area contributed by atoms with Gasteiger partial charge in [0.2, 0.25) is 5.75 Å². The average Bonchev–Trinajstić information content (AvgIpc) is 2.64. The molecule has 0 aromatic carbocycles. The van der Waals surface area contributed by atoms with Gasteiger partial charge in [0, 0.05) is 19.1 Å². The fourth-order valence-corrected chi connectivity index (χ4v) is 1.77. The summed E-state index contributed by atoms with van der Waals surface area (Å²) in [5.74, 6) is 0.834. The van der Waals surface area contributed by atoms with Gasteiger partial charge in [0.05, 0.1) is 13.4 Å². The van der Waals surface area contributed by atoms with Crippen molar-refractivity contribution in [1.29, 1.82) is 0 Å². The van der Waals surface area contributed by atoms with E-state index in [1.165, 1.54) is 13.4 Å². The predicted molar refractivity (Wildman–Crippen MR) is 56.2 cm³/mol. The van der Waals surface area contributed by atoms with Crippen LogP contribution in [-0.2, 0) is 0 Å². The summed E-state index contributed by atoms with van der Waals surface area (Å²) in [7, 11) is 1.46. The summed E-state index contributed by atoms with van der Waals surface area (Å²) in [6, 6.07) is 0.149. The van der Waals surface area contributed by atoms with Crippen molar-refractivity contribution in [3.05, 3.63) is 16.7 Å². The number of H-pyrrole nitrogens is 1. The van der Waals surface area contributed by atoms with E-state index in [4.69, 9.17) is 10.5 Å². The van der Waals surface area contributed by atoms with Crippen molar-refractivity contribution in [1.82, 2.24) is 9.97 Å². The maximum absolute atomic E-state index is 11.4. The first-order valence-electron chi connectivity index (χ1n) is 4.84. The molecule has 0 radical (unpaired) electrons. The first-order chi connectivity index (χ1) is 7.22. The zero-order valence-corrected chi connectivity index (χ0v) is 8.56. The largest absolute Gasteiger partial charge is 0.489 e. The molecule has 0 aliphatic carbocycles. The Morgan fingerprint density at radius 3 is 3.13 bits per heavy atom. The second-order valence-electron chi connectivity index (χ2n) is 3.58. The van der Waals surface area contributed by atoms with E-state index in [-0.39, 0.29) is 17.4 Å². The number of ether oxygens (including phenoxy) is 1. The minimum absolute atomic E-state index is 0.149. The lowest BCUT2D eigenvalue weighted by molar-refractivity contribution is 0.406. The monoisotopic (exact) mass is 210 g/mol. The molecule has 1 fully saturated rings. The maximum Gasteiger partial charge on any atom is 0.295 e. The van der Waals surface area contributed by atoms with Crippen molar-refractivity contribution in [2.45, 2.75) is 12.5 Å². The molecule has 0 spiro atoms. The number of rotatable bonds is 2. The lowest BCUT2D eigenvalue weighted by atomic mass is 10.3. The molecule has 3 N–H and O–H groups in total. The van der Waals surface area contributed by atoms with Crippen LogP contribution in [0.1, 0.15) is 6.42 Å². The van der Waals surface area contributed by atoms with Crippen LogP contribution < -0.4 is 20.9 Å². The Morgan fingerprint density at radius 2 is 2.53 bits per heavy atom. The van der Waals surface area contributed by atoms with Crippen LogP contribution in [0.15, 0.2) is 11.1 Å². The highest BCUT2D eigenvalue weighted by Crippen LogP contribution is 2.23. The highest BCUT2D eigenvalue weighted by molar-refractivity contribution is 5.51. The molecule has 0 saturated carbocycles. The third-order valence-corrected chi connectivity index (χ3v) is 2.52. The third kappa shape index (κ3) is 1.80. The molecule has 1 aromatic rings. The molecule has 15 heavy (non-hydrogen) atoms. The van der Waals surface area contributed by atoms with Crippen molar-refractivity contribution < 1.29 is 4.74 Å². The van der Waals surface area contributed by atoms with E-state index in [2.05, 4.69) is 9.97 Å². The first kappa shape index (κ1) is 9.97. The Bertz CT molecular complexity index is 403. The summed E-state index contributed by atoms with van der Waals surface area (Å²) in [6.07, 6.45) is 2.29. The Kier molecular flexibility index (Phi) is 2.59. The van der Waals surface area contributed by atoms with Crippen LogP contribution in [0.4, 0.5) is 5.82 Å². The number of aromatic nitrogens is 2. The standard InChI is InChI=1S/C9H14N4O2/c1-15-7-8(11-5-12-9(7)14)13-3-2-6(10)4-13/h5-6H,2-4,10H2,1H3,(H,11,12,14). The van der Waals surface area contributed by atoms with E-state index in [0.717, 1.165) is 13.0 Å². The van der Waals surface area contributed by atoms with Gasteiger partial charge in [0.1, 0.15) is 0 Å². The second-order valence-corrected chi connectivity index (χ2v) is 3.58.